The molecule has 0 aliphatic carbocycles. The number of para-hydroxylation sites is 1. The van der Waals surface area contributed by atoms with E-state index in [9.17, 15) is 0 Å². The van der Waals surface area contributed by atoms with Crippen LogP contribution in [0.3, 0.4) is 0 Å². The van der Waals surface area contributed by atoms with Crippen LogP contribution >= 0.6 is 0 Å². The first-order valence-corrected chi connectivity index (χ1v) is 11.9. The van der Waals surface area contributed by atoms with Crippen molar-refractivity contribution in [3.8, 4) is 5.75 Å². The molecule has 5 aromatic rings. The van der Waals surface area contributed by atoms with Crippen LogP contribution in [-0.2, 0) is 19.4 Å². The highest BCUT2D eigenvalue weighted by atomic mass is 16.5. The summed E-state index contributed by atoms with van der Waals surface area (Å²) < 4.78 is 6.01. The number of hydrogen-bond acceptors (Lipinski definition) is 5. The number of nitrogens with zero attached hydrogens (tertiary/aromatic N) is 4. The second-order valence-corrected chi connectivity index (χ2v) is 8.47. The summed E-state index contributed by atoms with van der Waals surface area (Å²) in [6, 6.07) is 29.1. The van der Waals surface area contributed by atoms with Crippen molar-refractivity contribution in [1.29, 1.82) is 0 Å². The van der Waals surface area contributed by atoms with E-state index < -0.39 is 0 Å². The summed E-state index contributed by atoms with van der Waals surface area (Å²) in [7, 11) is 0. The summed E-state index contributed by atoms with van der Waals surface area (Å²) in [6.07, 6.45) is 8.30. The molecule has 6 heteroatoms. The average molecular weight is 462 g/mol. The van der Waals surface area contributed by atoms with E-state index in [1.165, 1.54) is 11.1 Å². The Labute approximate surface area is 204 Å². The maximum atomic E-state index is 6.01. The number of aromatic amines is 1. The van der Waals surface area contributed by atoms with Gasteiger partial charge in [-0.2, -0.15) is 5.21 Å². The molecule has 174 valence electrons. The van der Waals surface area contributed by atoms with Crippen molar-refractivity contribution in [3.05, 3.63) is 113 Å². The minimum absolute atomic E-state index is 0.439. The molecule has 5 rings (SSSR count). The third-order valence-electron chi connectivity index (χ3n) is 5.85. The van der Waals surface area contributed by atoms with Crippen LogP contribution in [0.25, 0.3) is 23.1 Å². The summed E-state index contributed by atoms with van der Waals surface area (Å²) in [6.45, 7) is 0.439. The van der Waals surface area contributed by atoms with Crippen molar-refractivity contribution < 1.29 is 4.74 Å². The van der Waals surface area contributed by atoms with Gasteiger partial charge in [0.05, 0.1) is 11.2 Å². The van der Waals surface area contributed by atoms with Gasteiger partial charge in [-0.15, -0.1) is 10.2 Å². The number of H-pyrrole nitrogens is 1. The van der Waals surface area contributed by atoms with Crippen LogP contribution < -0.4 is 4.74 Å². The van der Waals surface area contributed by atoms with Crippen LogP contribution in [0.5, 0.6) is 5.75 Å². The first-order valence-electron chi connectivity index (χ1n) is 11.9. The van der Waals surface area contributed by atoms with Crippen molar-refractivity contribution in [2.24, 2.45) is 0 Å². The van der Waals surface area contributed by atoms with Crippen LogP contribution in [0.4, 0.5) is 0 Å². The summed E-state index contributed by atoms with van der Waals surface area (Å²) in [5, 5.41) is 15.2. The Hall–Kier alpha value is -4.32. The van der Waals surface area contributed by atoms with Gasteiger partial charge in [0.15, 0.2) is 5.82 Å². The number of benzene rings is 3. The molecule has 2 heterocycles. The van der Waals surface area contributed by atoms with Crippen molar-refractivity contribution >= 4 is 23.1 Å². The summed E-state index contributed by atoms with van der Waals surface area (Å²) in [4.78, 5) is 4.68. The number of ether oxygens (including phenoxy) is 1. The molecule has 35 heavy (non-hydrogen) atoms. The molecule has 0 bridgehead atoms. The fraction of sp³-hybridized carbons (Fsp3) is 0.172. The van der Waals surface area contributed by atoms with Gasteiger partial charge in [-0.1, -0.05) is 78.0 Å². The Morgan fingerprint density at radius 3 is 2.51 bits per heavy atom. The second-order valence-electron chi connectivity index (χ2n) is 8.47. The van der Waals surface area contributed by atoms with Crippen LogP contribution in [0.15, 0.2) is 84.9 Å². The topological polar surface area (TPSA) is 76.6 Å². The van der Waals surface area contributed by atoms with Gasteiger partial charge in [0.1, 0.15) is 12.4 Å². The molecular formula is C29H27N5O. The molecule has 2 aromatic heterocycles. The van der Waals surface area contributed by atoms with E-state index >= 15 is 0 Å². The van der Waals surface area contributed by atoms with Crippen molar-refractivity contribution in [3.63, 3.8) is 0 Å². The smallest absolute Gasteiger partial charge is 0.174 e. The number of pyridine rings is 1. The van der Waals surface area contributed by atoms with Gasteiger partial charge in [-0.25, -0.2) is 4.98 Å². The van der Waals surface area contributed by atoms with E-state index in [-0.39, 0.29) is 0 Å². The third kappa shape index (κ3) is 6.38. The molecule has 0 saturated carbocycles. The zero-order valence-electron chi connectivity index (χ0n) is 19.5. The molecule has 0 atom stereocenters. The van der Waals surface area contributed by atoms with Crippen molar-refractivity contribution in [2.45, 2.75) is 32.3 Å². The number of hydrogen-bond donors (Lipinski definition) is 1. The second kappa shape index (κ2) is 11.2. The number of fused-ring (bicyclic) bond motifs is 1. The predicted octanol–water partition coefficient (Wildman–Crippen LogP) is 6.06. The quantitative estimate of drug-likeness (QED) is 0.202. The fourth-order valence-corrected chi connectivity index (χ4v) is 3.94. The van der Waals surface area contributed by atoms with Gasteiger partial charge in [-0.05, 0) is 60.2 Å². The molecule has 0 spiro atoms. The monoisotopic (exact) mass is 461 g/mol. The van der Waals surface area contributed by atoms with E-state index in [1.54, 1.807) is 0 Å². The van der Waals surface area contributed by atoms with Gasteiger partial charge in [0.2, 0.25) is 0 Å². The molecule has 0 saturated heterocycles. The zero-order chi connectivity index (χ0) is 23.7. The third-order valence-corrected chi connectivity index (χ3v) is 5.85. The van der Waals surface area contributed by atoms with Gasteiger partial charge in [0.25, 0.3) is 0 Å². The lowest BCUT2D eigenvalue weighted by Gasteiger charge is -2.07. The summed E-state index contributed by atoms with van der Waals surface area (Å²) >= 11 is 0. The molecule has 0 amide bonds. The Bertz CT molecular complexity index is 1390. The normalized spacial score (nSPS) is 11.3. The van der Waals surface area contributed by atoms with E-state index in [1.807, 2.05) is 36.4 Å². The first kappa shape index (κ1) is 22.5. The SMILES string of the molecule is C(=Cc1cccc(OCc2ccc3ccccc3n2)c1)c1ccc(CCCCc2nn[nH]n2)cc1. The molecule has 6 nitrogen and oxygen atoms in total. The lowest BCUT2D eigenvalue weighted by atomic mass is 10.0. The van der Waals surface area contributed by atoms with Crippen LogP contribution in [-0.4, -0.2) is 25.6 Å². The molecule has 3 aromatic carbocycles. The Morgan fingerprint density at radius 1 is 0.771 bits per heavy atom. The standard InChI is InChI=1S/C29H27N5O/c1(4-11-29-31-33-34-32-29)6-22-12-14-23(15-13-22)16-17-24-7-5-9-27(20-24)35-21-26-19-18-25-8-2-3-10-28(25)30-26/h2-3,5,7-10,12-20H,1,4,6,11,21H2,(H,31,32,33,34). The molecule has 0 unspecified atom stereocenters. The number of rotatable bonds is 10. The number of aromatic nitrogens is 5. The Balaban J connectivity index is 1.12. The van der Waals surface area contributed by atoms with Crippen LogP contribution in [0.2, 0.25) is 0 Å². The highest BCUT2D eigenvalue weighted by Crippen LogP contribution is 2.19. The van der Waals surface area contributed by atoms with E-state index in [0.717, 1.165) is 59.4 Å². The number of unbranched alkanes of at least 4 members (excludes halogenated alkanes) is 1. The Morgan fingerprint density at radius 2 is 1.63 bits per heavy atom. The fourth-order valence-electron chi connectivity index (χ4n) is 3.94. The first-order chi connectivity index (χ1) is 17.3. The molecule has 0 radical (unpaired) electrons. The number of tetrazole rings is 1. The largest absolute Gasteiger partial charge is 0.487 e. The highest BCUT2D eigenvalue weighted by Gasteiger charge is 2.01. The van der Waals surface area contributed by atoms with Crippen LogP contribution in [0, 0.1) is 0 Å². The number of aryl methyl sites for hydroxylation is 2. The lowest BCUT2D eigenvalue weighted by molar-refractivity contribution is 0.302. The van der Waals surface area contributed by atoms with Gasteiger partial charge < -0.3 is 4.74 Å². The van der Waals surface area contributed by atoms with Gasteiger partial charge >= 0.3 is 0 Å². The van der Waals surface area contributed by atoms with E-state index in [2.05, 4.69) is 86.3 Å². The van der Waals surface area contributed by atoms with Crippen molar-refractivity contribution in [1.82, 2.24) is 25.6 Å². The molecular weight excluding hydrogens is 434 g/mol. The lowest BCUT2D eigenvalue weighted by Crippen LogP contribution is -1.98. The van der Waals surface area contributed by atoms with E-state index in [0.29, 0.717) is 6.61 Å². The Kier molecular flexibility index (Phi) is 7.19. The highest BCUT2D eigenvalue weighted by molar-refractivity contribution is 5.78. The predicted molar refractivity (Wildman–Crippen MR) is 139 cm³/mol. The molecule has 0 aliphatic rings. The van der Waals surface area contributed by atoms with Crippen LogP contribution in [0.1, 0.15) is 41.1 Å². The van der Waals surface area contributed by atoms with Crippen molar-refractivity contribution in [2.75, 3.05) is 0 Å². The average Bonchev–Trinajstić information content (AvgIpc) is 3.43. The maximum absolute atomic E-state index is 6.01. The maximum Gasteiger partial charge on any atom is 0.174 e. The van der Waals surface area contributed by atoms with Gasteiger partial charge in [0, 0.05) is 11.8 Å². The molecule has 1 N–H and O–H groups in total. The minimum atomic E-state index is 0.439. The summed E-state index contributed by atoms with van der Waals surface area (Å²) in [5.74, 6) is 1.61. The van der Waals surface area contributed by atoms with E-state index in [4.69, 9.17) is 4.74 Å². The molecule has 0 fully saturated rings. The minimum Gasteiger partial charge on any atom is -0.487 e. The summed E-state index contributed by atoms with van der Waals surface area (Å²) in [5.41, 5.74) is 5.51. The molecule has 0 aliphatic heterocycles. The number of nitrogens with one attached hydrogen (secondary N) is 1. The van der Waals surface area contributed by atoms with Gasteiger partial charge in [-0.3, -0.25) is 0 Å². The zero-order valence-corrected chi connectivity index (χ0v) is 19.5.